The quantitative estimate of drug-likeness (QED) is 0.726. The molecule has 2 fully saturated rings. The number of rotatable bonds is 1. The fourth-order valence-electron chi connectivity index (χ4n) is 3.05. The van der Waals surface area contributed by atoms with Crippen LogP contribution < -0.4 is 5.73 Å². The zero-order valence-electron chi connectivity index (χ0n) is 11.0. The Morgan fingerprint density at radius 2 is 1.88 bits per heavy atom. The summed E-state index contributed by atoms with van der Waals surface area (Å²) in [6.45, 7) is 8.25. The third-order valence-corrected chi connectivity index (χ3v) is 4.74. The predicted molar refractivity (Wildman–Crippen MR) is 68.4 cm³/mol. The summed E-state index contributed by atoms with van der Waals surface area (Å²) in [7, 11) is 2.24. The Morgan fingerprint density at radius 3 is 2.50 bits per heavy atom. The van der Waals surface area contributed by atoms with Crippen molar-refractivity contribution >= 4 is 0 Å². The first kappa shape index (κ1) is 12.3. The van der Waals surface area contributed by atoms with Gasteiger partial charge in [-0.3, -0.25) is 4.90 Å². The molecule has 2 heterocycles. The Labute approximate surface area is 100.0 Å². The van der Waals surface area contributed by atoms with Crippen molar-refractivity contribution in [3.63, 3.8) is 0 Å². The molecule has 0 aromatic heterocycles. The average Bonchev–Trinajstić information content (AvgIpc) is 2.26. The number of piperidine rings is 2. The van der Waals surface area contributed by atoms with Crippen LogP contribution in [0.4, 0.5) is 0 Å². The van der Waals surface area contributed by atoms with Gasteiger partial charge < -0.3 is 10.6 Å². The number of likely N-dealkylation sites (tertiary alicyclic amines) is 2. The molecule has 2 aliphatic rings. The van der Waals surface area contributed by atoms with Gasteiger partial charge in [0.15, 0.2) is 0 Å². The molecule has 94 valence electrons. The van der Waals surface area contributed by atoms with Crippen LogP contribution in [-0.2, 0) is 0 Å². The molecule has 3 heteroatoms. The van der Waals surface area contributed by atoms with Gasteiger partial charge in [-0.15, -0.1) is 0 Å². The lowest BCUT2D eigenvalue weighted by Gasteiger charge is -2.44. The summed E-state index contributed by atoms with van der Waals surface area (Å²) in [6.07, 6.45) is 3.92. The molecular weight excluding hydrogens is 198 g/mol. The number of hydrogen-bond acceptors (Lipinski definition) is 3. The van der Waals surface area contributed by atoms with Crippen LogP contribution in [0.3, 0.4) is 0 Å². The third-order valence-electron chi connectivity index (χ3n) is 4.74. The molecule has 0 amide bonds. The van der Waals surface area contributed by atoms with E-state index in [0.717, 1.165) is 18.6 Å². The molecule has 0 saturated carbocycles. The van der Waals surface area contributed by atoms with Crippen molar-refractivity contribution in [2.75, 3.05) is 26.7 Å². The Morgan fingerprint density at radius 1 is 1.12 bits per heavy atom. The first-order valence-corrected chi connectivity index (χ1v) is 6.77. The fourth-order valence-corrected chi connectivity index (χ4v) is 3.05. The summed E-state index contributed by atoms with van der Waals surface area (Å²) in [6, 6.07) is 1.91. The fraction of sp³-hybridized carbons (Fsp3) is 1.00. The zero-order chi connectivity index (χ0) is 11.7. The highest BCUT2D eigenvalue weighted by Gasteiger charge is 2.31. The standard InChI is InChI=1S/C13H27N3/c1-10-4-7-16(9-13(10)14)12-5-6-15(3)11(2)8-12/h10-13H,4-9,14H2,1-3H3. The van der Waals surface area contributed by atoms with Crippen molar-refractivity contribution in [1.29, 1.82) is 0 Å². The van der Waals surface area contributed by atoms with E-state index in [2.05, 4.69) is 30.7 Å². The van der Waals surface area contributed by atoms with E-state index in [-0.39, 0.29) is 0 Å². The minimum absolute atomic E-state index is 0.392. The Balaban J connectivity index is 1.88. The maximum absolute atomic E-state index is 6.19. The van der Waals surface area contributed by atoms with E-state index in [1.54, 1.807) is 0 Å². The number of nitrogens with zero attached hydrogens (tertiary/aromatic N) is 2. The van der Waals surface area contributed by atoms with Crippen molar-refractivity contribution in [2.24, 2.45) is 11.7 Å². The van der Waals surface area contributed by atoms with Crippen molar-refractivity contribution in [3.8, 4) is 0 Å². The van der Waals surface area contributed by atoms with Gasteiger partial charge in [0.05, 0.1) is 0 Å². The lowest BCUT2D eigenvalue weighted by atomic mass is 9.90. The van der Waals surface area contributed by atoms with E-state index < -0.39 is 0 Å². The SMILES string of the molecule is CC1CCN(C2CCN(C)C(C)C2)CC1N. The maximum atomic E-state index is 6.19. The lowest BCUT2D eigenvalue weighted by Crippen LogP contribution is -2.54. The molecule has 2 saturated heterocycles. The van der Waals surface area contributed by atoms with E-state index in [9.17, 15) is 0 Å². The van der Waals surface area contributed by atoms with Crippen LogP contribution in [0.15, 0.2) is 0 Å². The van der Waals surface area contributed by atoms with Crippen LogP contribution >= 0.6 is 0 Å². The third kappa shape index (κ3) is 2.58. The van der Waals surface area contributed by atoms with Crippen LogP contribution in [0.25, 0.3) is 0 Å². The van der Waals surface area contributed by atoms with E-state index in [0.29, 0.717) is 12.0 Å². The van der Waals surface area contributed by atoms with Gasteiger partial charge >= 0.3 is 0 Å². The smallest absolute Gasteiger partial charge is 0.0194 e. The van der Waals surface area contributed by atoms with Gasteiger partial charge in [0, 0.05) is 24.7 Å². The molecule has 2 rings (SSSR count). The minimum Gasteiger partial charge on any atom is -0.326 e. The Hall–Kier alpha value is -0.120. The van der Waals surface area contributed by atoms with E-state index in [1.807, 2.05) is 0 Å². The second kappa shape index (κ2) is 5.03. The summed E-state index contributed by atoms with van der Waals surface area (Å²) < 4.78 is 0. The molecule has 4 unspecified atom stereocenters. The van der Waals surface area contributed by atoms with Gasteiger partial charge in [-0.2, -0.15) is 0 Å². The second-order valence-electron chi connectivity index (χ2n) is 5.93. The lowest BCUT2D eigenvalue weighted by molar-refractivity contribution is 0.0569. The van der Waals surface area contributed by atoms with Crippen LogP contribution in [0.5, 0.6) is 0 Å². The van der Waals surface area contributed by atoms with Gasteiger partial charge in [0.2, 0.25) is 0 Å². The van der Waals surface area contributed by atoms with Gasteiger partial charge in [0.25, 0.3) is 0 Å². The summed E-state index contributed by atoms with van der Waals surface area (Å²) in [5.41, 5.74) is 6.19. The number of nitrogens with two attached hydrogens (primary N) is 1. The molecule has 3 nitrogen and oxygen atoms in total. The first-order chi connectivity index (χ1) is 7.58. The normalized spacial score (nSPS) is 43.5. The monoisotopic (exact) mass is 225 g/mol. The Bertz CT molecular complexity index is 207. The van der Waals surface area contributed by atoms with Crippen LogP contribution in [0, 0.1) is 5.92 Å². The molecule has 16 heavy (non-hydrogen) atoms. The van der Waals surface area contributed by atoms with Crippen molar-refractivity contribution in [1.82, 2.24) is 9.80 Å². The highest BCUT2D eigenvalue weighted by molar-refractivity contribution is 4.88. The van der Waals surface area contributed by atoms with E-state index in [1.165, 1.54) is 32.4 Å². The summed E-state index contributed by atoms with van der Waals surface area (Å²) in [4.78, 5) is 5.12. The van der Waals surface area contributed by atoms with Crippen LogP contribution in [0.2, 0.25) is 0 Å². The van der Waals surface area contributed by atoms with E-state index >= 15 is 0 Å². The molecule has 0 aromatic rings. The van der Waals surface area contributed by atoms with Crippen LogP contribution in [0.1, 0.15) is 33.1 Å². The number of hydrogen-bond donors (Lipinski definition) is 1. The van der Waals surface area contributed by atoms with Crippen LogP contribution in [-0.4, -0.2) is 54.6 Å². The molecular formula is C13H27N3. The Kier molecular flexibility index (Phi) is 3.88. The summed E-state index contributed by atoms with van der Waals surface area (Å²) in [5, 5.41) is 0. The topological polar surface area (TPSA) is 32.5 Å². The van der Waals surface area contributed by atoms with E-state index in [4.69, 9.17) is 5.73 Å². The summed E-state index contributed by atoms with van der Waals surface area (Å²) in [5.74, 6) is 0.708. The first-order valence-electron chi connectivity index (χ1n) is 6.77. The zero-order valence-corrected chi connectivity index (χ0v) is 11.0. The second-order valence-corrected chi connectivity index (χ2v) is 5.93. The van der Waals surface area contributed by atoms with Gasteiger partial charge in [-0.25, -0.2) is 0 Å². The molecule has 0 aromatic carbocycles. The molecule has 0 bridgehead atoms. The highest BCUT2D eigenvalue weighted by atomic mass is 15.2. The summed E-state index contributed by atoms with van der Waals surface area (Å²) >= 11 is 0. The largest absolute Gasteiger partial charge is 0.326 e. The molecule has 2 aliphatic heterocycles. The maximum Gasteiger partial charge on any atom is 0.0194 e. The minimum atomic E-state index is 0.392. The molecule has 4 atom stereocenters. The highest BCUT2D eigenvalue weighted by Crippen LogP contribution is 2.25. The van der Waals surface area contributed by atoms with Crippen molar-refractivity contribution < 1.29 is 0 Å². The molecule has 0 aliphatic carbocycles. The molecule has 2 N–H and O–H groups in total. The van der Waals surface area contributed by atoms with Gasteiger partial charge in [0.1, 0.15) is 0 Å². The molecule has 0 radical (unpaired) electrons. The van der Waals surface area contributed by atoms with Crippen molar-refractivity contribution in [2.45, 2.75) is 51.2 Å². The van der Waals surface area contributed by atoms with Gasteiger partial charge in [-0.1, -0.05) is 6.92 Å². The molecule has 0 spiro atoms. The predicted octanol–water partition coefficient (Wildman–Crippen LogP) is 1.14. The van der Waals surface area contributed by atoms with Crippen molar-refractivity contribution in [3.05, 3.63) is 0 Å². The average molecular weight is 225 g/mol. The van der Waals surface area contributed by atoms with Gasteiger partial charge in [-0.05, 0) is 52.2 Å².